The highest BCUT2D eigenvalue weighted by Gasteiger charge is 1.90. The molecule has 0 spiro atoms. The van der Waals surface area contributed by atoms with Gasteiger partial charge in [0.1, 0.15) is 0 Å². The smallest absolute Gasteiger partial charge is 0.0700 e. The monoisotopic (exact) mass is 214 g/mol. The highest BCUT2D eigenvalue weighted by atomic mass is 16.5. The van der Waals surface area contributed by atoms with Crippen molar-refractivity contribution in [1.82, 2.24) is 5.32 Å². The van der Waals surface area contributed by atoms with E-state index in [4.69, 9.17) is 14.7 Å². The minimum absolute atomic E-state index is 0.646. The average molecular weight is 214 g/mol. The molecule has 0 aromatic rings. The largest absolute Gasteiger partial charge is 0.382 e. The van der Waals surface area contributed by atoms with Crippen molar-refractivity contribution in [3.8, 4) is 6.07 Å². The third kappa shape index (κ3) is 13.4. The number of hydrogen-bond acceptors (Lipinski definition) is 4. The molecule has 0 aliphatic heterocycles. The van der Waals surface area contributed by atoms with Crippen molar-refractivity contribution in [1.29, 1.82) is 5.26 Å². The highest BCUT2D eigenvalue weighted by molar-refractivity contribution is 4.68. The van der Waals surface area contributed by atoms with Gasteiger partial charge in [-0.1, -0.05) is 0 Å². The molecule has 15 heavy (non-hydrogen) atoms. The first-order valence-electron chi connectivity index (χ1n) is 5.56. The summed E-state index contributed by atoms with van der Waals surface area (Å²) in [4.78, 5) is 0. The molecular formula is C11H22N2O2. The summed E-state index contributed by atoms with van der Waals surface area (Å²) in [5.74, 6) is 0. The van der Waals surface area contributed by atoms with Crippen molar-refractivity contribution in [2.75, 3.05) is 40.0 Å². The molecule has 0 saturated carbocycles. The predicted molar refractivity (Wildman–Crippen MR) is 59.6 cm³/mol. The number of hydrogen-bond donors (Lipinski definition) is 1. The molecule has 0 atom stereocenters. The number of methoxy groups -OCH3 is 1. The van der Waals surface area contributed by atoms with Crippen molar-refractivity contribution in [2.24, 2.45) is 0 Å². The zero-order chi connectivity index (χ0) is 11.2. The van der Waals surface area contributed by atoms with Crippen molar-refractivity contribution in [3.05, 3.63) is 0 Å². The van der Waals surface area contributed by atoms with E-state index in [1.54, 1.807) is 7.11 Å². The molecule has 4 heteroatoms. The molecule has 0 fully saturated rings. The van der Waals surface area contributed by atoms with Crippen LogP contribution in [-0.2, 0) is 9.47 Å². The number of ether oxygens (including phenoxy) is 2. The van der Waals surface area contributed by atoms with E-state index in [1.807, 2.05) is 0 Å². The fourth-order valence-corrected chi connectivity index (χ4v) is 1.12. The van der Waals surface area contributed by atoms with E-state index < -0.39 is 0 Å². The number of rotatable bonds is 11. The summed E-state index contributed by atoms with van der Waals surface area (Å²) < 4.78 is 10.2. The molecule has 0 saturated heterocycles. The summed E-state index contributed by atoms with van der Waals surface area (Å²) in [6.07, 6.45) is 3.79. The van der Waals surface area contributed by atoms with Gasteiger partial charge in [-0.3, -0.25) is 0 Å². The Hall–Kier alpha value is -0.630. The Kier molecular flexibility index (Phi) is 12.8. The molecule has 0 amide bonds. The van der Waals surface area contributed by atoms with Gasteiger partial charge >= 0.3 is 0 Å². The molecular weight excluding hydrogens is 192 g/mol. The Morgan fingerprint density at radius 2 is 1.87 bits per heavy atom. The third-order valence-corrected chi connectivity index (χ3v) is 1.97. The van der Waals surface area contributed by atoms with E-state index in [2.05, 4.69) is 11.4 Å². The van der Waals surface area contributed by atoms with Crippen LogP contribution in [0.25, 0.3) is 0 Å². The third-order valence-electron chi connectivity index (χ3n) is 1.97. The Labute approximate surface area is 92.6 Å². The number of nitriles is 1. The lowest BCUT2D eigenvalue weighted by Crippen LogP contribution is -2.17. The van der Waals surface area contributed by atoms with E-state index in [0.29, 0.717) is 19.6 Å². The number of nitrogens with one attached hydrogen (secondary N) is 1. The summed E-state index contributed by atoms with van der Waals surface area (Å²) in [5, 5.41) is 11.6. The van der Waals surface area contributed by atoms with Gasteiger partial charge in [0.05, 0.1) is 19.3 Å². The van der Waals surface area contributed by atoms with Gasteiger partial charge in [0.2, 0.25) is 0 Å². The van der Waals surface area contributed by atoms with Gasteiger partial charge in [-0.2, -0.15) is 5.26 Å². The molecule has 0 aromatic carbocycles. The second kappa shape index (κ2) is 13.4. The van der Waals surface area contributed by atoms with Crippen LogP contribution in [0.1, 0.15) is 25.7 Å². The van der Waals surface area contributed by atoms with E-state index in [0.717, 1.165) is 39.0 Å². The normalized spacial score (nSPS) is 10.1. The minimum Gasteiger partial charge on any atom is -0.382 e. The highest BCUT2D eigenvalue weighted by Crippen LogP contribution is 1.89. The summed E-state index contributed by atoms with van der Waals surface area (Å²) in [7, 11) is 1.68. The molecule has 0 rings (SSSR count). The average Bonchev–Trinajstić information content (AvgIpc) is 2.26. The molecule has 0 aromatic heterocycles. The quantitative estimate of drug-likeness (QED) is 0.527. The zero-order valence-electron chi connectivity index (χ0n) is 9.63. The predicted octanol–water partition coefficient (Wildman–Crippen LogP) is 1.32. The lowest BCUT2D eigenvalue weighted by Gasteiger charge is -2.04. The van der Waals surface area contributed by atoms with Crippen LogP contribution < -0.4 is 5.32 Å². The Bertz CT molecular complexity index is 157. The molecule has 0 unspecified atom stereocenters. The standard InChI is InChI=1S/C11H22N2O2/c1-14-10-11-15-9-5-4-8-13-7-3-2-6-12/h13H,2-5,7-11H2,1H3. The number of nitrogens with zero attached hydrogens (tertiary/aromatic N) is 1. The first-order chi connectivity index (χ1) is 7.41. The maximum Gasteiger partial charge on any atom is 0.0700 e. The molecule has 0 heterocycles. The second-order valence-corrected chi connectivity index (χ2v) is 3.32. The van der Waals surface area contributed by atoms with Crippen LogP contribution in [0.3, 0.4) is 0 Å². The van der Waals surface area contributed by atoms with Crippen LogP contribution in [-0.4, -0.2) is 40.0 Å². The van der Waals surface area contributed by atoms with Crippen molar-refractivity contribution in [2.45, 2.75) is 25.7 Å². The van der Waals surface area contributed by atoms with Gasteiger partial charge in [0.25, 0.3) is 0 Å². The van der Waals surface area contributed by atoms with Crippen LogP contribution in [0.5, 0.6) is 0 Å². The zero-order valence-corrected chi connectivity index (χ0v) is 9.63. The van der Waals surface area contributed by atoms with E-state index >= 15 is 0 Å². The van der Waals surface area contributed by atoms with E-state index in [1.165, 1.54) is 0 Å². The number of unbranched alkanes of at least 4 members (excludes halogenated alkanes) is 2. The Morgan fingerprint density at radius 3 is 2.60 bits per heavy atom. The Morgan fingerprint density at radius 1 is 1.07 bits per heavy atom. The topological polar surface area (TPSA) is 54.3 Å². The van der Waals surface area contributed by atoms with Gasteiger partial charge in [0, 0.05) is 20.1 Å². The summed E-state index contributed by atoms with van der Waals surface area (Å²) >= 11 is 0. The molecule has 0 radical (unpaired) electrons. The van der Waals surface area contributed by atoms with Gasteiger partial charge in [-0.15, -0.1) is 0 Å². The van der Waals surface area contributed by atoms with Crippen LogP contribution in [0.4, 0.5) is 0 Å². The van der Waals surface area contributed by atoms with Crippen molar-refractivity contribution in [3.63, 3.8) is 0 Å². The maximum absolute atomic E-state index is 8.31. The molecule has 88 valence electrons. The SMILES string of the molecule is COCCOCCCCNCCCC#N. The first kappa shape index (κ1) is 14.4. The maximum atomic E-state index is 8.31. The summed E-state index contributed by atoms with van der Waals surface area (Å²) in [6.45, 7) is 4.12. The summed E-state index contributed by atoms with van der Waals surface area (Å²) in [6, 6.07) is 2.13. The molecule has 0 bridgehead atoms. The van der Waals surface area contributed by atoms with Crippen molar-refractivity contribution >= 4 is 0 Å². The van der Waals surface area contributed by atoms with Gasteiger partial charge in [-0.25, -0.2) is 0 Å². The van der Waals surface area contributed by atoms with E-state index in [-0.39, 0.29) is 0 Å². The summed E-state index contributed by atoms with van der Waals surface area (Å²) in [5.41, 5.74) is 0. The van der Waals surface area contributed by atoms with Crippen LogP contribution in [0.15, 0.2) is 0 Å². The minimum atomic E-state index is 0.646. The van der Waals surface area contributed by atoms with Crippen molar-refractivity contribution < 1.29 is 9.47 Å². The second-order valence-electron chi connectivity index (χ2n) is 3.32. The van der Waals surface area contributed by atoms with Gasteiger partial charge < -0.3 is 14.8 Å². The van der Waals surface area contributed by atoms with Crippen LogP contribution in [0, 0.1) is 11.3 Å². The molecule has 4 nitrogen and oxygen atoms in total. The molecule has 1 N–H and O–H groups in total. The van der Waals surface area contributed by atoms with Gasteiger partial charge in [-0.05, 0) is 32.4 Å². The fraction of sp³-hybridized carbons (Fsp3) is 0.909. The van der Waals surface area contributed by atoms with Gasteiger partial charge in [0.15, 0.2) is 0 Å². The van der Waals surface area contributed by atoms with E-state index in [9.17, 15) is 0 Å². The molecule has 0 aliphatic rings. The lowest BCUT2D eigenvalue weighted by atomic mass is 10.3. The fourth-order valence-electron chi connectivity index (χ4n) is 1.12. The molecule has 0 aliphatic carbocycles. The van der Waals surface area contributed by atoms with Crippen LogP contribution >= 0.6 is 0 Å². The lowest BCUT2D eigenvalue weighted by molar-refractivity contribution is 0.0688. The Balaban J connectivity index is 2.84. The first-order valence-corrected chi connectivity index (χ1v) is 5.56. The van der Waals surface area contributed by atoms with Crippen LogP contribution in [0.2, 0.25) is 0 Å².